The van der Waals surface area contributed by atoms with Crippen LogP contribution in [0.5, 0.6) is 5.75 Å². The van der Waals surface area contributed by atoms with Crippen molar-refractivity contribution in [3.63, 3.8) is 0 Å². The molecule has 5 rings (SSSR count). The third kappa shape index (κ3) is 5.50. The molecule has 196 valence electrons. The number of rotatable bonds is 7. The Bertz CT molecular complexity index is 1520. The van der Waals surface area contributed by atoms with Crippen LogP contribution in [0.1, 0.15) is 37.4 Å². The van der Waals surface area contributed by atoms with Gasteiger partial charge in [0.2, 0.25) is 11.5 Å². The molecule has 0 amide bonds. The molecule has 14 heteroatoms. The molecular weight excluding hydrogens is 538 g/mol. The molecule has 1 saturated carbocycles. The zero-order chi connectivity index (χ0) is 26.8. The molecular formula is C24H21Cl2FN8O3. The zero-order valence-corrected chi connectivity index (χ0v) is 21.3. The van der Waals surface area contributed by atoms with Crippen LogP contribution in [0, 0.1) is 21.8 Å². The lowest BCUT2D eigenvalue weighted by atomic mass is 9.86. The Hall–Kier alpha value is -3.90. The van der Waals surface area contributed by atoms with Crippen LogP contribution in [-0.4, -0.2) is 34.6 Å². The van der Waals surface area contributed by atoms with Crippen molar-refractivity contribution >= 4 is 40.1 Å². The lowest BCUT2D eigenvalue weighted by molar-refractivity contribution is -0.402. The molecule has 1 aliphatic rings. The fourth-order valence-corrected chi connectivity index (χ4v) is 5.06. The Morgan fingerprint density at radius 2 is 1.97 bits per heavy atom. The van der Waals surface area contributed by atoms with Gasteiger partial charge in [0.15, 0.2) is 17.2 Å². The number of hydrogen-bond donors (Lipinski definition) is 1. The number of benzene rings is 1. The molecule has 3 aromatic heterocycles. The van der Waals surface area contributed by atoms with Crippen molar-refractivity contribution in [1.29, 1.82) is 0 Å². The third-order valence-corrected chi connectivity index (χ3v) is 6.75. The van der Waals surface area contributed by atoms with Gasteiger partial charge < -0.3 is 10.5 Å². The first-order valence-corrected chi connectivity index (χ1v) is 12.5. The van der Waals surface area contributed by atoms with Gasteiger partial charge >= 0.3 is 0 Å². The van der Waals surface area contributed by atoms with Gasteiger partial charge in [-0.25, -0.2) is 29.0 Å². The molecule has 4 aromatic rings. The van der Waals surface area contributed by atoms with Gasteiger partial charge in [0.25, 0.3) is 0 Å². The fraction of sp³-hybridized carbons (Fsp3) is 0.292. The van der Waals surface area contributed by atoms with Crippen molar-refractivity contribution in [1.82, 2.24) is 29.7 Å². The highest BCUT2D eigenvalue weighted by atomic mass is 35.5. The first-order valence-electron chi connectivity index (χ1n) is 11.7. The number of fused-ring (bicyclic) bond motifs is 1. The van der Waals surface area contributed by atoms with Crippen molar-refractivity contribution in [2.24, 2.45) is 5.92 Å². The summed E-state index contributed by atoms with van der Waals surface area (Å²) in [5, 5.41) is 16.1. The van der Waals surface area contributed by atoms with Crippen LogP contribution in [0.15, 0.2) is 42.9 Å². The summed E-state index contributed by atoms with van der Waals surface area (Å²) in [5.41, 5.74) is 8.09. The van der Waals surface area contributed by atoms with E-state index < -0.39 is 10.7 Å². The van der Waals surface area contributed by atoms with Gasteiger partial charge in [-0.2, -0.15) is 5.10 Å². The highest BCUT2D eigenvalue weighted by Crippen LogP contribution is 2.38. The highest BCUT2D eigenvalue weighted by Gasteiger charge is 2.27. The molecule has 3 heterocycles. The maximum absolute atomic E-state index is 15.1. The van der Waals surface area contributed by atoms with E-state index in [9.17, 15) is 10.1 Å². The van der Waals surface area contributed by atoms with Crippen molar-refractivity contribution in [3.8, 4) is 17.0 Å². The van der Waals surface area contributed by atoms with Crippen molar-refractivity contribution in [3.05, 3.63) is 74.9 Å². The topological polar surface area (TPSA) is 148 Å². The largest absolute Gasteiger partial charge is 0.484 e. The zero-order valence-electron chi connectivity index (χ0n) is 19.8. The lowest BCUT2D eigenvalue weighted by Crippen LogP contribution is -2.18. The van der Waals surface area contributed by atoms with E-state index in [0.29, 0.717) is 28.0 Å². The number of nitrogen functional groups attached to an aromatic ring is 1. The minimum atomic E-state index is -0.607. The van der Waals surface area contributed by atoms with Gasteiger partial charge in [-0.15, -0.1) is 0 Å². The molecule has 0 bridgehead atoms. The Morgan fingerprint density at radius 1 is 1.18 bits per heavy atom. The Labute approximate surface area is 225 Å². The second kappa shape index (κ2) is 10.8. The first kappa shape index (κ1) is 25.7. The van der Waals surface area contributed by atoms with Gasteiger partial charge in [-0.1, -0.05) is 11.6 Å². The molecule has 0 saturated heterocycles. The minimum absolute atomic E-state index is 0.00803. The number of ether oxygens (including phenoxy) is 1. The summed E-state index contributed by atoms with van der Waals surface area (Å²) in [6.45, 7) is -0.0594. The van der Waals surface area contributed by atoms with Gasteiger partial charge in [-0.05, 0) is 67.5 Å². The number of nitrogens with zero attached hydrogens (tertiary/aromatic N) is 7. The Kier molecular flexibility index (Phi) is 7.34. The third-order valence-electron chi connectivity index (χ3n) is 6.39. The van der Waals surface area contributed by atoms with E-state index in [4.69, 9.17) is 38.8 Å². The van der Waals surface area contributed by atoms with Crippen LogP contribution in [0.2, 0.25) is 10.4 Å². The molecule has 0 spiro atoms. The van der Waals surface area contributed by atoms with Crippen LogP contribution in [0.4, 0.5) is 10.2 Å². The number of anilines is 1. The summed E-state index contributed by atoms with van der Waals surface area (Å²) in [7, 11) is 0. The molecule has 1 fully saturated rings. The monoisotopic (exact) mass is 558 g/mol. The summed E-state index contributed by atoms with van der Waals surface area (Å²) in [6, 6.07) is 5.98. The average molecular weight is 559 g/mol. The second-order valence-corrected chi connectivity index (χ2v) is 9.56. The summed E-state index contributed by atoms with van der Waals surface area (Å²) >= 11 is 11.7. The average Bonchev–Trinajstić information content (AvgIpc) is 3.27. The predicted octanol–water partition coefficient (Wildman–Crippen LogP) is 5.41. The van der Waals surface area contributed by atoms with Crippen LogP contribution in [-0.2, 0) is 6.61 Å². The second-order valence-electron chi connectivity index (χ2n) is 8.83. The maximum atomic E-state index is 15.1. The molecule has 11 nitrogen and oxygen atoms in total. The molecule has 0 atom stereocenters. The standard InChI is InChI=1S/C24H21Cl2FN8O3/c25-19-10-15(31-24(26)32-19)11-38-18-6-3-14(9-17(18)27)21-20-22(28)29-12-30-23(20)35(33-21)16-4-1-13(2-5-16)7-8-34(36)37/h3,6-10,12-13,16H,1-2,4-5,11H2,(H2,28,29,30)/b8-7-. The van der Waals surface area contributed by atoms with Crippen molar-refractivity contribution < 1.29 is 14.1 Å². The quantitative estimate of drug-likeness (QED) is 0.136. The first-order chi connectivity index (χ1) is 18.3. The van der Waals surface area contributed by atoms with Gasteiger partial charge in [0, 0.05) is 11.6 Å². The number of allylic oxidation sites excluding steroid dienone is 1. The summed E-state index contributed by atoms with van der Waals surface area (Å²) in [5.74, 6) is -0.232. The molecule has 2 N–H and O–H groups in total. The predicted molar refractivity (Wildman–Crippen MR) is 139 cm³/mol. The van der Waals surface area contributed by atoms with E-state index in [0.717, 1.165) is 31.9 Å². The van der Waals surface area contributed by atoms with Crippen LogP contribution in [0.3, 0.4) is 0 Å². The van der Waals surface area contributed by atoms with E-state index in [2.05, 4.69) is 19.9 Å². The molecule has 0 aliphatic heterocycles. The van der Waals surface area contributed by atoms with E-state index in [1.165, 1.54) is 24.5 Å². The number of nitrogens with two attached hydrogens (primary N) is 1. The van der Waals surface area contributed by atoms with E-state index in [-0.39, 0.29) is 40.6 Å². The van der Waals surface area contributed by atoms with Gasteiger partial charge in [0.1, 0.15) is 29.6 Å². The van der Waals surface area contributed by atoms with Gasteiger partial charge in [0.05, 0.1) is 22.0 Å². The SMILES string of the molecule is Nc1ncnc2c1c(-c1ccc(OCc3cc(Cl)nc(Cl)n3)c(F)c1)nn2C1CCC(/C=C\[N+](=O)[O-])CC1. The van der Waals surface area contributed by atoms with E-state index in [1.54, 1.807) is 16.8 Å². The molecule has 0 unspecified atom stereocenters. The minimum Gasteiger partial charge on any atom is -0.484 e. The highest BCUT2D eigenvalue weighted by molar-refractivity contribution is 6.31. The lowest BCUT2D eigenvalue weighted by Gasteiger charge is -2.26. The number of nitro groups is 1. The van der Waals surface area contributed by atoms with Crippen LogP contribution >= 0.6 is 23.2 Å². The normalized spacial score (nSPS) is 17.8. The maximum Gasteiger partial charge on any atom is 0.230 e. The fourth-order valence-electron chi connectivity index (χ4n) is 4.61. The Balaban J connectivity index is 1.40. The number of hydrogen-bond acceptors (Lipinski definition) is 9. The summed E-state index contributed by atoms with van der Waals surface area (Å²) in [6.07, 6.45) is 7.07. The summed E-state index contributed by atoms with van der Waals surface area (Å²) < 4.78 is 22.5. The molecule has 1 aliphatic carbocycles. The van der Waals surface area contributed by atoms with E-state index >= 15 is 4.39 Å². The number of halogens is 3. The number of aromatic nitrogens is 6. The molecule has 0 radical (unpaired) electrons. The van der Waals surface area contributed by atoms with Crippen molar-refractivity contribution in [2.45, 2.75) is 38.3 Å². The smallest absolute Gasteiger partial charge is 0.230 e. The van der Waals surface area contributed by atoms with Crippen molar-refractivity contribution in [2.75, 3.05) is 5.73 Å². The van der Waals surface area contributed by atoms with Crippen LogP contribution in [0.25, 0.3) is 22.3 Å². The van der Waals surface area contributed by atoms with Crippen LogP contribution < -0.4 is 10.5 Å². The molecule has 1 aromatic carbocycles. The Morgan fingerprint density at radius 3 is 2.68 bits per heavy atom. The van der Waals surface area contributed by atoms with Gasteiger partial charge in [-0.3, -0.25) is 10.1 Å². The molecule has 38 heavy (non-hydrogen) atoms. The summed E-state index contributed by atoms with van der Waals surface area (Å²) in [4.78, 5) is 26.5. The van der Waals surface area contributed by atoms with E-state index in [1.807, 2.05) is 0 Å².